The van der Waals surface area contributed by atoms with Crippen molar-refractivity contribution in [2.24, 2.45) is 0 Å². The molecule has 0 aliphatic carbocycles. The molecule has 0 bridgehead atoms. The van der Waals surface area contributed by atoms with E-state index in [0.29, 0.717) is 12.1 Å². The van der Waals surface area contributed by atoms with Gasteiger partial charge in [-0.1, -0.05) is 0 Å². The number of aliphatic hydroxyl groups excluding tert-OH is 1. The number of fused-ring (bicyclic) bond motifs is 1. The van der Waals surface area contributed by atoms with E-state index in [1.165, 1.54) is 17.0 Å². The van der Waals surface area contributed by atoms with Crippen LogP contribution < -0.4 is 4.90 Å². The molecule has 0 radical (unpaired) electrons. The highest BCUT2D eigenvalue weighted by molar-refractivity contribution is 6.52. The number of hydrogen-bond acceptors (Lipinski definition) is 3. The first-order valence-corrected chi connectivity index (χ1v) is 5.34. The summed E-state index contributed by atoms with van der Waals surface area (Å²) < 4.78 is 13.0. The van der Waals surface area contributed by atoms with Crippen molar-refractivity contribution >= 4 is 17.4 Å². The van der Waals surface area contributed by atoms with Crippen molar-refractivity contribution in [3.8, 4) is 0 Å². The second kappa shape index (κ2) is 4.25. The zero-order valence-electron chi connectivity index (χ0n) is 9.31. The van der Waals surface area contributed by atoms with Crippen LogP contribution in [0.2, 0.25) is 0 Å². The number of carbonyl (C=O) groups is 2. The molecule has 1 atom stereocenters. The van der Waals surface area contributed by atoms with Gasteiger partial charge in [0.15, 0.2) is 0 Å². The van der Waals surface area contributed by atoms with Gasteiger partial charge in [-0.2, -0.15) is 0 Å². The molecule has 0 saturated heterocycles. The number of benzene rings is 1. The average Bonchev–Trinajstić information content (AvgIpc) is 2.50. The SMILES string of the molecule is CC(O)CCN1C(=O)C(=O)c2cc(F)ccc21. The van der Waals surface area contributed by atoms with Crippen LogP contribution in [0, 0.1) is 5.82 Å². The minimum atomic E-state index is -0.690. The molecule has 4 nitrogen and oxygen atoms in total. The van der Waals surface area contributed by atoms with E-state index in [1.54, 1.807) is 6.92 Å². The van der Waals surface area contributed by atoms with E-state index in [4.69, 9.17) is 0 Å². The molecule has 1 heterocycles. The summed E-state index contributed by atoms with van der Waals surface area (Å²) in [6, 6.07) is 3.69. The molecule has 1 aromatic carbocycles. The number of hydrogen-bond donors (Lipinski definition) is 1. The normalized spacial score (nSPS) is 16.3. The van der Waals surface area contributed by atoms with Crippen molar-refractivity contribution in [2.45, 2.75) is 19.4 Å². The monoisotopic (exact) mass is 237 g/mol. The van der Waals surface area contributed by atoms with E-state index < -0.39 is 23.6 Å². The summed E-state index contributed by atoms with van der Waals surface area (Å²) in [5, 5.41) is 9.17. The van der Waals surface area contributed by atoms with Gasteiger partial charge >= 0.3 is 0 Å². The predicted molar refractivity (Wildman–Crippen MR) is 59.4 cm³/mol. The third kappa shape index (κ3) is 2.06. The fraction of sp³-hybridized carbons (Fsp3) is 0.333. The van der Waals surface area contributed by atoms with Gasteiger partial charge in [-0.05, 0) is 31.5 Å². The molecule has 1 unspecified atom stereocenters. The molecule has 1 amide bonds. The molecule has 5 heteroatoms. The number of anilines is 1. The zero-order valence-corrected chi connectivity index (χ0v) is 9.31. The summed E-state index contributed by atoms with van der Waals surface area (Å²) in [5.74, 6) is -1.89. The van der Waals surface area contributed by atoms with Gasteiger partial charge in [0.25, 0.3) is 11.7 Å². The lowest BCUT2D eigenvalue weighted by atomic mass is 10.1. The maximum absolute atomic E-state index is 13.0. The molecule has 2 rings (SSSR count). The Morgan fingerprint density at radius 1 is 1.41 bits per heavy atom. The number of halogens is 1. The van der Waals surface area contributed by atoms with Gasteiger partial charge in [-0.25, -0.2) is 4.39 Å². The van der Waals surface area contributed by atoms with Gasteiger partial charge in [0.1, 0.15) is 5.82 Å². The van der Waals surface area contributed by atoms with Crippen molar-refractivity contribution in [1.29, 1.82) is 0 Å². The molecule has 1 N–H and O–H groups in total. The minimum Gasteiger partial charge on any atom is -0.393 e. The number of Topliss-reactive ketones (excluding diaryl/α,β-unsaturated/α-hetero) is 1. The second-order valence-electron chi connectivity index (χ2n) is 4.09. The Bertz CT molecular complexity index is 485. The fourth-order valence-electron chi connectivity index (χ4n) is 1.81. The highest BCUT2D eigenvalue weighted by Crippen LogP contribution is 2.29. The van der Waals surface area contributed by atoms with Crippen LogP contribution in [0.1, 0.15) is 23.7 Å². The van der Waals surface area contributed by atoms with Crippen LogP contribution in [0.3, 0.4) is 0 Å². The molecule has 0 fully saturated rings. The van der Waals surface area contributed by atoms with Crippen molar-refractivity contribution in [3.05, 3.63) is 29.6 Å². The quantitative estimate of drug-likeness (QED) is 0.801. The van der Waals surface area contributed by atoms with Crippen LogP contribution in [0.5, 0.6) is 0 Å². The van der Waals surface area contributed by atoms with E-state index in [-0.39, 0.29) is 12.1 Å². The first-order valence-electron chi connectivity index (χ1n) is 5.34. The molecule has 0 saturated carbocycles. The number of rotatable bonds is 3. The molecule has 1 aliphatic rings. The van der Waals surface area contributed by atoms with E-state index in [2.05, 4.69) is 0 Å². The van der Waals surface area contributed by atoms with E-state index in [0.717, 1.165) is 6.07 Å². The molecular weight excluding hydrogens is 225 g/mol. The Morgan fingerprint density at radius 3 is 2.76 bits per heavy atom. The summed E-state index contributed by atoms with van der Waals surface area (Å²) in [5.41, 5.74) is 0.516. The van der Waals surface area contributed by atoms with Crippen molar-refractivity contribution in [1.82, 2.24) is 0 Å². The third-order valence-electron chi connectivity index (χ3n) is 2.70. The molecule has 1 aliphatic heterocycles. The third-order valence-corrected chi connectivity index (χ3v) is 2.70. The van der Waals surface area contributed by atoms with Crippen LogP contribution >= 0.6 is 0 Å². The molecular formula is C12H12FNO3. The number of aliphatic hydroxyl groups is 1. The standard InChI is InChI=1S/C12H12FNO3/c1-7(15)4-5-14-10-3-2-8(13)6-9(10)11(16)12(14)17/h2-3,6-7,15H,4-5H2,1H3. The lowest BCUT2D eigenvalue weighted by molar-refractivity contribution is -0.114. The van der Waals surface area contributed by atoms with Crippen molar-refractivity contribution in [3.63, 3.8) is 0 Å². The summed E-state index contributed by atoms with van der Waals surface area (Å²) in [6.45, 7) is 1.86. The van der Waals surface area contributed by atoms with Crippen LogP contribution in [0.25, 0.3) is 0 Å². The summed E-state index contributed by atoms with van der Waals surface area (Å²) in [4.78, 5) is 24.5. The van der Waals surface area contributed by atoms with Gasteiger partial charge in [0, 0.05) is 6.54 Å². The Kier molecular flexibility index (Phi) is 2.93. The number of ketones is 1. The molecule has 90 valence electrons. The summed E-state index contributed by atoms with van der Waals surface area (Å²) in [6.07, 6.45) is -0.182. The van der Waals surface area contributed by atoms with E-state index >= 15 is 0 Å². The van der Waals surface area contributed by atoms with Crippen LogP contribution in [-0.4, -0.2) is 29.4 Å². The summed E-state index contributed by atoms with van der Waals surface area (Å²) in [7, 11) is 0. The summed E-state index contributed by atoms with van der Waals surface area (Å²) >= 11 is 0. The Labute approximate surface area is 97.7 Å². The fourth-order valence-corrected chi connectivity index (χ4v) is 1.81. The smallest absolute Gasteiger partial charge is 0.299 e. The van der Waals surface area contributed by atoms with Gasteiger partial charge < -0.3 is 10.0 Å². The second-order valence-corrected chi connectivity index (χ2v) is 4.09. The molecule has 1 aromatic rings. The van der Waals surface area contributed by atoms with E-state index in [9.17, 15) is 19.1 Å². The Balaban J connectivity index is 2.31. The van der Waals surface area contributed by atoms with Gasteiger partial charge in [0.2, 0.25) is 0 Å². The highest BCUT2D eigenvalue weighted by atomic mass is 19.1. The Hall–Kier alpha value is -1.75. The van der Waals surface area contributed by atoms with Crippen molar-refractivity contribution < 1.29 is 19.1 Å². The molecule has 0 spiro atoms. The topological polar surface area (TPSA) is 57.6 Å². The first kappa shape index (κ1) is 11.7. The molecule has 17 heavy (non-hydrogen) atoms. The van der Waals surface area contributed by atoms with Crippen LogP contribution in [0.4, 0.5) is 10.1 Å². The number of carbonyl (C=O) groups excluding carboxylic acids is 2. The van der Waals surface area contributed by atoms with Gasteiger partial charge in [-0.3, -0.25) is 9.59 Å². The largest absolute Gasteiger partial charge is 0.393 e. The van der Waals surface area contributed by atoms with Gasteiger partial charge in [-0.15, -0.1) is 0 Å². The predicted octanol–water partition coefficient (Wildman–Crippen LogP) is 1.13. The average molecular weight is 237 g/mol. The lowest BCUT2D eigenvalue weighted by Gasteiger charge is -2.17. The number of amides is 1. The first-order chi connectivity index (χ1) is 8.00. The lowest BCUT2D eigenvalue weighted by Crippen LogP contribution is -2.32. The minimum absolute atomic E-state index is 0.0978. The maximum Gasteiger partial charge on any atom is 0.299 e. The van der Waals surface area contributed by atoms with Crippen LogP contribution in [0.15, 0.2) is 18.2 Å². The molecule has 0 aromatic heterocycles. The van der Waals surface area contributed by atoms with Gasteiger partial charge in [0.05, 0.1) is 17.4 Å². The highest BCUT2D eigenvalue weighted by Gasteiger charge is 2.35. The zero-order chi connectivity index (χ0) is 12.6. The van der Waals surface area contributed by atoms with Crippen molar-refractivity contribution in [2.75, 3.05) is 11.4 Å². The maximum atomic E-state index is 13.0. The Morgan fingerprint density at radius 2 is 2.12 bits per heavy atom. The van der Waals surface area contributed by atoms with E-state index in [1.807, 2.05) is 0 Å². The van der Waals surface area contributed by atoms with Crippen LogP contribution in [-0.2, 0) is 4.79 Å². The number of nitrogens with zero attached hydrogens (tertiary/aromatic N) is 1.